The molecule has 4 rings (SSSR count). The van der Waals surface area contributed by atoms with Crippen LogP contribution >= 0.6 is 11.6 Å². The number of allylic oxidation sites excluding steroid dienone is 2. The van der Waals surface area contributed by atoms with Gasteiger partial charge in [0.2, 0.25) is 5.83 Å². The highest BCUT2D eigenvalue weighted by molar-refractivity contribution is 6.43. The van der Waals surface area contributed by atoms with Crippen LogP contribution in [0.5, 0.6) is 0 Å². The van der Waals surface area contributed by atoms with E-state index in [0.717, 1.165) is 38.5 Å². The topological polar surface area (TPSA) is 43.4 Å². The number of ether oxygens (including phenoxy) is 1. The van der Waals surface area contributed by atoms with Crippen LogP contribution in [-0.2, 0) is 14.3 Å². The molecule has 4 aliphatic carbocycles. The van der Waals surface area contributed by atoms with Crippen LogP contribution in [-0.4, -0.2) is 18.4 Å². The molecule has 0 amide bonds. The fraction of sp³-hybridized carbons (Fsp3) is 0.739. The summed E-state index contributed by atoms with van der Waals surface area (Å²) in [4.78, 5) is 24.2. The lowest BCUT2D eigenvalue weighted by Crippen LogP contribution is -2.50. The third kappa shape index (κ3) is 2.74. The third-order valence-corrected chi connectivity index (χ3v) is 9.00. The van der Waals surface area contributed by atoms with Crippen molar-refractivity contribution in [2.75, 3.05) is 6.61 Å². The van der Waals surface area contributed by atoms with E-state index in [9.17, 15) is 14.0 Å². The summed E-state index contributed by atoms with van der Waals surface area (Å²) in [6.45, 7) is 6.34. The molecule has 28 heavy (non-hydrogen) atoms. The number of carbonyl (C=O) groups is 2. The van der Waals surface area contributed by atoms with Gasteiger partial charge in [0, 0.05) is 6.42 Å². The normalized spacial score (nSPS) is 41.9. The minimum absolute atomic E-state index is 0.0125. The zero-order valence-corrected chi connectivity index (χ0v) is 17.8. The van der Waals surface area contributed by atoms with E-state index in [1.165, 1.54) is 5.57 Å². The molecule has 0 radical (unpaired) electrons. The Morgan fingerprint density at radius 1 is 1.11 bits per heavy atom. The van der Waals surface area contributed by atoms with Crippen LogP contribution < -0.4 is 0 Å². The van der Waals surface area contributed by atoms with Crippen molar-refractivity contribution in [1.29, 1.82) is 0 Å². The lowest BCUT2D eigenvalue weighted by molar-refractivity contribution is -0.140. The Balaban J connectivity index is 1.67. The van der Waals surface area contributed by atoms with Crippen molar-refractivity contribution in [2.24, 2.45) is 28.6 Å². The molecule has 0 aromatic carbocycles. The fourth-order valence-corrected chi connectivity index (χ4v) is 7.55. The van der Waals surface area contributed by atoms with Gasteiger partial charge >= 0.3 is 5.97 Å². The minimum Gasteiger partial charge on any atom is -0.461 e. The van der Waals surface area contributed by atoms with E-state index in [4.69, 9.17) is 16.3 Å². The van der Waals surface area contributed by atoms with Crippen LogP contribution in [0.1, 0.15) is 72.1 Å². The van der Waals surface area contributed by atoms with Gasteiger partial charge in [-0.3, -0.25) is 4.79 Å². The number of rotatable bonds is 2. The Hall–Kier alpha value is -1.16. The highest BCUT2D eigenvalue weighted by atomic mass is 35.5. The van der Waals surface area contributed by atoms with Crippen LogP contribution in [0, 0.1) is 28.6 Å². The number of ketones is 1. The number of hydrogen-bond donors (Lipinski definition) is 0. The predicted molar refractivity (Wildman–Crippen MR) is 106 cm³/mol. The maximum atomic E-state index is 14.9. The number of halogens is 2. The molecule has 5 atom stereocenters. The Bertz CT molecular complexity index is 785. The molecule has 0 saturated heterocycles. The first kappa shape index (κ1) is 20.1. The molecular formula is C23H30ClFO3. The Labute approximate surface area is 171 Å². The summed E-state index contributed by atoms with van der Waals surface area (Å²) < 4.78 is 19.8. The molecule has 0 bridgehead atoms. The lowest BCUT2D eigenvalue weighted by atomic mass is 9.47. The van der Waals surface area contributed by atoms with Gasteiger partial charge in [-0.15, -0.1) is 0 Å². The van der Waals surface area contributed by atoms with Gasteiger partial charge in [-0.25, -0.2) is 4.79 Å². The summed E-state index contributed by atoms with van der Waals surface area (Å²) in [6, 6.07) is 0. The summed E-state index contributed by atoms with van der Waals surface area (Å²) in [7, 11) is 0. The molecule has 154 valence electrons. The van der Waals surface area contributed by atoms with Crippen LogP contribution in [0.2, 0.25) is 0 Å². The maximum absolute atomic E-state index is 14.9. The fourth-order valence-electron chi connectivity index (χ4n) is 7.14. The highest BCUT2D eigenvalue weighted by Gasteiger charge is 2.59. The van der Waals surface area contributed by atoms with Crippen LogP contribution in [0.25, 0.3) is 0 Å². The zero-order chi connectivity index (χ0) is 20.3. The number of carbonyl (C=O) groups excluding carboxylic acids is 2. The zero-order valence-electron chi connectivity index (χ0n) is 17.1. The van der Waals surface area contributed by atoms with Gasteiger partial charge in [-0.1, -0.05) is 25.4 Å². The van der Waals surface area contributed by atoms with E-state index in [2.05, 4.69) is 13.8 Å². The van der Waals surface area contributed by atoms with E-state index >= 15 is 0 Å². The van der Waals surface area contributed by atoms with Gasteiger partial charge in [0.05, 0.1) is 11.6 Å². The standard InChI is InChI=1S/C23H30ClFO3/c1-4-28-21(27)20(25)17-8-7-14-13-5-6-16-19(24)18(26)10-12-22(16,2)15(13)9-11-23(14,17)3/h13-15H,4-12H2,1-3H3/t13-,14-,15-,22+,23-/m0/s1. The third-order valence-electron chi connectivity index (χ3n) is 8.56. The summed E-state index contributed by atoms with van der Waals surface area (Å²) in [6.07, 6.45) is 6.75. The van der Waals surface area contributed by atoms with E-state index in [0.29, 0.717) is 41.2 Å². The van der Waals surface area contributed by atoms with Crippen molar-refractivity contribution in [3.63, 3.8) is 0 Å². The number of fused-ring (bicyclic) bond motifs is 5. The second kappa shape index (κ2) is 6.97. The average molecular weight is 409 g/mol. The molecule has 3 nitrogen and oxygen atoms in total. The molecule has 0 N–H and O–H groups in total. The molecule has 0 spiro atoms. The highest BCUT2D eigenvalue weighted by Crippen LogP contribution is 2.67. The van der Waals surface area contributed by atoms with Crippen molar-refractivity contribution in [1.82, 2.24) is 0 Å². The Kier molecular flexibility index (Phi) is 5.01. The van der Waals surface area contributed by atoms with Crippen LogP contribution in [0.3, 0.4) is 0 Å². The van der Waals surface area contributed by atoms with Gasteiger partial charge in [-0.05, 0) is 91.6 Å². The smallest absolute Gasteiger partial charge is 0.367 e. The largest absolute Gasteiger partial charge is 0.461 e. The van der Waals surface area contributed by atoms with Crippen molar-refractivity contribution < 1.29 is 18.7 Å². The number of Topliss-reactive ketones (excluding diaryl/α,β-unsaturated/α-hetero) is 1. The SMILES string of the molecule is CCOC(=O)C(F)=C1CC[C@H]2[C@@H]3CCC4=C(Cl)C(=O)CC[C@]4(C)[C@H]3CC[C@]12C. The summed E-state index contributed by atoms with van der Waals surface area (Å²) in [5.74, 6) is 0.00462. The maximum Gasteiger partial charge on any atom is 0.367 e. The Morgan fingerprint density at radius 3 is 2.54 bits per heavy atom. The van der Waals surface area contributed by atoms with Gasteiger partial charge in [0.25, 0.3) is 0 Å². The molecule has 5 heteroatoms. The van der Waals surface area contributed by atoms with Gasteiger partial charge in [0.15, 0.2) is 5.78 Å². The molecule has 0 aliphatic heterocycles. The molecule has 0 heterocycles. The van der Waals surface area contributed by atoms with Gasteiger partial charge in [0.1, 0.15) is 0 Å². The first-order chi connectivity index (χ1) is 13.2. The first-order valence-corrected chi connectivity index (χ1v) is 11.1. The number of esters is 1. The van der Waals surface area contributed by atoms with Crippen molar-refractivity contribution >= 4 is 23.4 Å². The molecule has 3 fully saturated rings. The van der Waals surface area contributed by atoms with E-state index in [1.54, 1.807) is 6.92 Å². The lowest BCUT2D eigenvalue weighted by Gasteiger charge is -2.57. The monoisotopic (exact) mass is 408 g/mol. The van der Waals surface area contributed by atoms with Crippen molar-refractivity contribution in [3.05, 3.63) is 22.0 Å². The summed E-state index contributed by atoms with van der Waals surface area (Å²) in [5, 5.41) is 0.487. The van der Waals surface area contributed by atoms with E-state index < -0.39 is 11.8 Å². The van der Waals surface area contributed by atoms with E-state index in [-0.39, 0.29) is 23.2 Å². The van der Waals surface area contributed by atoms with Gasteiger partial charge in [-0.2, -0.15) is 4.39 Å². The van der Waals surface area contributed by atoms with Gasteiger partial charge < -0.3 is 4.74 Å². The van der Waals surface area contributed by atoms with Crippen LogP contribution in [0.15, 0.2) is 22.0 Å². The quantitative estimate of drug-likeness (QED) is 0.423. The second-order valence-corrected chi connectivity index (χ2v) is 9.93. The van der Waals surface area contributed by atoms with Crippen LogP contribution in [0.4, 0.5) is 4.39 Å². The molecule has 0 unspecified atom stereocenters. The van der Waals surface area contributed by atoms with Crippen molar-refractivity contribution in [3.8, 4) is 0 Å². The molecule has 0 aromatic heterocycles. The Morgan fingerprint density at radius 2 is 1.82 bits per heavy atom. The van der Waals surface area contributed by atoms with Crippen molar-refractivity contribution in [2.45, 2.75) is 72.1 Å². The second-order valence-electron chi connectivity index (χ2n) is 9.56. The number of hydrogen-bond acceptors (Lipinski definition) is 3. The molecule has 3 saturated carbocycles. The molecule has 4 aliphatic rings. The molecular weight excluding hydrogens is 379 g/mol. The summed E-state index contributed by atoms with van der Waals surface area (Å²) in [5.41, 5.74) is 1.57. The molecule has 0 aromatic rings. The average Bonchev–Trinajstić information content (AvgIpc) is 3.02. The minimum atomic E-state index is -0.806. The first-order valence-electron chi connectivity index (χ1n) is 10.7. The van der Waals surface area contributed by atoms with E-state index in [1.807, 2.05) is 0 Å². The predicted octanol–water partition coefficient (Wildman–Crippen LogP) is 5.87. The summed E-state index contributed by atoms with van der Waals surface area (Å²) >= 11 is 6.45.